The Labute approximate surface area is 128 Å². The minimum absolute atomic E-state index is 0.166. The first kappa shape index (κ1) is 15.3. The van der Waals surface area contributed by atoms with Gasteiger partial charge in [0.25, 0.3) is 0 Å². The van der Waals surface area contributed by atoms with Crippen LogP contribution in [0.1, 0.15) is 31.8 Å². The van der Waals surface area contributed by atoms with E-state index in [2.05, 4.69) is 0 Å². The smallest absolute Gasteiger partial charge is 0.338 e. The van der Waals surface area contributed by atoms with E-state index in [-0.39, 0.29) is 5.78 Å². The van der Waals surface area contributed by atoms with Gasteiger partial charge in [-0.1, -0.05) is 30.3 Å². The molecule has 2 aromatic carbocycles. The number of esters is 1. The number of carbonyl (C=O) groups excluding carboxylic acids is 2. The van der Waals surface area contributed by atoms with Gasteiger partial charge in [-0.15, -0.1) is 11.8 Å². The van der Waals surface area contributed by atoms with E-state index in [0.717, 1.165) is 10.5 Å². The number of ketones is 1. The lowest BCUT2D eigenvalue weighted by atomic mass is 9.94. The summed E-state index contributed by atoms with van der Waals surface area (Å²) in [5.74, 6) is -0.658. The topological polar surface area (TPSA) is 43.4 Å². The largest absolute Gasteiger partial charge is 0.465 e. The number of rotatable bonds is 4. The molecule has 0 spiro atoms. The predicted octanol–water partition coefficient (Wildman–Crippen LogP) is 3.73. The molecule has 0 amide bonds. The molecule has 0 aliphatic rings. The van der Waals surface area contributed by atoms with Crippen molar-refractivity contribution < 1.29 is 14.3 Å². The van der Waals surface area contributed by atoms with Crippen LogP contribution in [0.5, 0.6) is 0 Å². The SMILES string of the molecule is COC(=O)c1cc(SC)cc(C)c1C(=O)c1ccccc1. The Bertz CT molecular complexity index is 678. The molecule has 0 bridgehead atoms. The molecule has 21 heavy (non-hydrogen) atoms. The molecular formula is C17H16O3S. The normalized spacial score (nSPS) is 10.2. The van der Waals surface area contributed by atoms with Crippen LogP contribution < -0.4 is 0 Å². The van der Waals surface area contributed by atoms with Gasteiger partial charge in [-0.3, -0.25) is 4.79 Å². The van der Waals surface area contributed by atoms with Crippen LogP contribution in [0.4, 0.5) is 0 Å². The number of aryl methyl sites for hydroxylation is 1. The Morgan fingerprint density at radius 3 is 2.33 bits per heavy atom. The van der Waals surface area contributed by atoms with Gasteiger partial charge in [-0.05, 0) is 30.9 Å². The van der Waals surface area contributed by atoms with Gasteiger partial charge in [-0.2, -0.15) is 0 Å². The van der Waals surface area contributed by atoms with Crippen LogP contribution in [-0.2, 0) is 4.74 Å². The van der Waals surface area contributed by atoms with E-state index in [4.69, 9.17) is 4.74 Å². The molecule has 0 fully saturated rings. The minimum atomic E-state index is -0.492. The van der Waals surface area contributed by atoms with Crippen molar-refractivity contribution in [1.82, 2.24) is 0 Å². The summed E-state index contributed by atoms with van der Waals surface area (Å²) in [4.78, 5) is 25.6. The van der Waals surface area contributed by atoms with Crippen molar-refractivity contribution in [2.75, 3.05) is 13.4 Å². The van der Waals surface area contributed by atoms with Crippen LogP contribution >= 0.6 is 11.8 Å². The highest BCUT2D eigenvalue weighted by Gasteiger charge is 2.22. The average Bonchev–Trinajstić information content (AvgIpc) is 2.53. The summed E-state index contributed by atoms with van der Waals surface area (Å²) < 4.78 is 4.82. The van der Waals surface area contributed by atoms with Crippen molar-refractivity contribution in [3.8, 4) is 0 Å². The number of benzene rings is 2. The van der Waals surface area contributed by atoms with Gasteiger partial charge >= 0.3 is 5.97 Å². The molecule has 0 radical (unpaired) electrons. The maximum Gasteiger partial charge on any atom is 0.338 e. The van der Waals surface area contributed by atoms with Crippen LogP contribution in [0, 0.1) is 6.92 Å². The molecule has 0 saturated heterocycles. The zero-order valence-corrected chi connectivity index (χ0v) is 13.0. The fourth-order valence-corrected chi connectivity index (χ4v) is 2.71. The maximum absolute atomic E-state index is 12.7. The third-order valence-corrected chi connectivity index (χ3v) is 3.92. The second-order valence-electron chi connectivity index (χ2n) is 4.55. The van der Waals surface area contributed by atoms with Crippen LogP contribution in [0.15, 0.2) is 47.4 Å². The van der Waals surface area contributed by atoms with Gasteiger partial charge in [-0.25, -0.2) is 4.79 Å². The van der Waals surface area contributed by atoms with Crippen LogP contribution in [-0.4, -0.2) is 25.1 Å². The van der Waals surface area contributed by atoms with Crippen molar-refractivity contribution in [3.05, 3.63) is 64.7 Å². The van der Waals surface area contributed by atoms with Gasteiger partial charge in [0.1, 0.15) is 0 Å². The van der Waals surface area contributed by atoms with E-state index < -0.39 is 5.97 Å². The first-order valence-electron chi connectivity index (χ1n) is 6.45. The first-order chi connectivity index (χ1) is 10.1. The molecule has 0 aromatic heterocycles. The molecule has 0 saturated carbocycles. The molecular weight excluding hydrogens is 284 g/mol. The summed E-state index contributed by atoms with van der Waals surface area (Å²) in [6, 6.07) is 12.6. The molecule has 108 valence electrons. The second-order valence-corrected chi connectivity index (χ2v) is 5.43. The van der Waals surface area contributed by atoms with Gasteiger partial charge in [0.05, 0.1) is 12.7 Å². The third kappa shape index (κ3) is 3.16. The highest BCUT2D eigenvalue weighted by molar-refractivity contribution is 7.98. The lowest BCUT2D eigenvalue weighted by Crippen LogP contribution is -2.13. The monoisotopic (exact) mass is 300 g/mol. The van der Waals surface area contributed by atoms with E-state index in [0.29, 0.717) is 16.7 Å². The van der Waals surface area contributed by atoms with Gasteiger partial charge in [0.15, 0.2) is 5.78 Å². The molecule has 0 atom stereocenters. The zero-order valence-electron chi connectivity index (χ0n) is 12.2. The first-order valence-corrected chi connectivity index (χ1v) is 7.67. The highest BCUT2D eigenvalue weighted by atomic mass is 32.2. The molecule has 0 unspecified atom stereocenters. The molecule has 3 nitrogen and oxygen atoms in total. The van der Waals surface area contributed by atoms with Crippen molar-refractivity contribution >= 4 is 23.5 Å². The Morgan fingerprint density at radius 1 is 1.10 bits per heavy atom. The molecule has 4 heteroatoms. The summed E-state index contributed by atoms with van der Waals surface area (Å²) >= 11 is 1.52. The highest BCUT2D eigenvalue weighted by Crippen LogP contribution is 2.26. The molecule has 0 N–H and O–H groups in total. The number of methoxy groups -OCH3 is 1. The summed E-state index contributed by atoms with van der Waals surface area (Å²) in [5, 5.41) is 0. The average molecular weight is 300 g/mol. The van der Waals surface area contributed by atoms with E-state index in [9.17, 15) is 9.59 Å². The standard InChI is InChI=1S/C17H16O3S/c1-11-9-13(21-3)10-14(17(19)20-2)15(11)16(18)12-7-5-4-6-8-12/h4-10H,1-3H3. The zero-order chi connectivity index (χ0) is 15.4. The summed E-state index contributed by atoms with van der Waals surface area (Å²) in [6.07, 6.45) is 1.93. The van der Waals surface area contributed by atoms with Crippen molar-refractivity contribution in [2.24, 2.45) is 0 Å². The van der Waals surface area contributed by atoms with Crippen molar-refractivity contribution in [1.29, 1.82) is 0 Å². The third-order valence-electron chi connectivity index (χ3n) is 3.21. The van der Waals surface area contributed by atoms with Crippen molar-refractivity contribution in [2.45, 2.75) is 11.8 Å². The lowest BCUT2D eigenvalue weighted by molar-refractivity contribution is 0.0597. The number of ether oxygens (including phenoxy) is 1. The number of thioether (sulfide) groups is 1. The Kier molecular flexibility index (Phi) is 4.81. The van der Waals surface area contributed by atoms with Crippen LogP contribution in [0.25, 0.3) is 0 Å². The number of hydrogen-bond donors (Lipinski definition) is 0. The van der Waals surface area contributed by atoms with Crippen molar-refractivity contribution in [3.63, 3.8) is 0 Å². The Hall–Kier alpha value is -2.07. The van der Waals surface area contributed by atoms with E-state index in [1.165, 1.54) is 18.9 Å². The van der Waals surface area contributed by atoms with Crippen LogP contribution in [0.3, 0.4) is 0 Å². The van der Waals surface area contributed by atoms with Gasteiger partial charge < -0.3 is 4.74 Å². The second kappa shape index (κ2) is 6.59. The molecule has 0 aliphatic carbocycles. The Balaban J connectivity index is 2.62. The van der Waals surface area contributed by atoms with Crippen LogP contribution in [0.2, 0.25) is 0 Å². The van der Waals surface area contributed by atoms with Gasteiger partial charge in [0, 0.05) is 16.0 Å². The maximum atomic E-state index is 12.7. The molecule has 0 heterocycles. The lowest BCUT2D eigenvalue weighted by Gasteiger charge is -2.12. The quantitative estimate of drug-likeness (QED) is 0.490. The predicted molar refractivity (Wildman–Crippen MR) is 84.2 cm³/mol. The van der Waals surface area contributed by atoms with E-state index in [1.54, 1.807) is 30.3 Å². The summed E-state index contributed by atoms with van der Waals surface area (Å²) in [5.41, 5.74) is 2.06. The van der Waals surface area contributed by atoms with E-state index in [1.807, 2.05) is 25.3 Å². The summed E-state index contributed by atoms with van der Waals surface area (Å²) in [7, 11) is 1.32. The fraction of sp³-hybridized carbons (Fsp3) is 0.176. The van der Waals surface area contributed by atoms with Gasteiger partial charge in [0.2, 0.25) is 0 Å². The number of hydrogen-bond acceptors (Lipinski definition) is 4. The molecule has 2 aromatic rings. The number of carbonyl (C=O) groups is 2. The van der Waals surface area contributed by atoms with E-state index >= 15 is 0 Å². The minimum Gasteiger partial charge on any atom is -0.465 e. The summed E-state index contributed by atoms with van der Waals surface area (Å²) in [6.45, 7) is 1.84. The molecule has 2 rings (SSSR count). The molecule has 0 aliphatic heterocycles. The Morgan fingerprint density at radius 2 is 1.76 bits per heavy atom. The fourth-order valence-electron chi connectivity index (χ4n) is 2.18.